The Morgan fingerprint density at radius 3 is 1.27 bits per heavy atom. The van der Waals surface area contributed by atoms with Crippen LogP contribution < -0.4 is 5.56 Å². The fourth-order valence-corrected chi connectivity index (χ4v) is 7.75. The van der Waals surface area contributed by atoms with E-state index in [1.54, 1.807) is 0 Å². The molecule has 5 heteroatoms. The molecule has 258 valence electrons. The van der Waals surface area contributed by atoms with Gasteiger partial charge in [0.1, 0.15) is 0 Å². The first-order chi connectivity index (χ1) is 27.2. The number of benzene rings is 7. The van der Waals surface area contributed by atoms with Crippen LogP contribution in [0.2, 0.25) is 0 Å². The molecule has 3 aromatic heterocycles. The number of pyridine rings is 2. The minimum atomic E-state index is -0.0939. The van der Waals surface area contributed by atoms with E-state index in [1.807, 2.05) is 108 Å². The number of hydrogen-bond acceptors (Lipinski definition) is 4. The van der Waals surface area contributed by atoms with Crippen molar-refractivity contribution in [1.29, 1.82) is 0 Å². The van der Waals surface area contributed by atoms with E-state index < -0.39 is 0 Å². The maximum Gasteiger partial charge on any atom is 0.263 e. The van der Waals surface area contributed by atoms with Gasteiger partial charge in [0, 0.05) is 38.6 Å². The smallest absolute Gasteiger partial charge is 0.263 e. The molecule has 10 rings (SSSR count). The van der Waals surface area contributed by atoms with Crippen LogP contribution in [0.15, 0.2) is 199 Å². The molecule has 0 aliphatic carbocycles. The predicted octanol–water partition coefficient (Wildman–Crippen LogP) is 11.8. The van der Waals surface area contributed by atoms with Crippen molar-refractivity contribution in [2.24, 2.45) is 0 Å². The zero-order chi connectivity index (χ0) is 36.7. The van der Waals surface area contributed by atoms with Crippen LogP contribution >= 0.6 is 0 Å². The summed E-state index contributed by atoms with van der Waals surface area (Å²) < 4.78 is 1.95. The Bertz CT molecular complexity index is 3020. The van der Waals surface area contributed by atoms with Gasteiger partial charge >= 0.3 is 0 Å². The summed E-state index contributed by atoms with van der Waals surface area (Å²) in [5.74, 6) is 1.69. The Balaban J connectivity index is 1.35. The van der Waals surface area contributed by atoms with Gasteiger partial charge in [0.15, 0.2) is 17.5 Å². The number of nitrogens with zero attached hydrogens (tertiary/aromatic N) is 4. The van der Waals surface area contributed by atoms with Crippen LogP contribution in [0.25, 0.3) is 94.7 Å². The number of aromatic nitrogens is 4. The monoisotopic (exact) mass is 704 g/mol. The molecule has 5 nitrogen and oxygen atoms in total. The first kappa shape index (κ1) is 32.2. The van der Waals surface area contributed by atoms with Crippen molar-refractivity contribution in [3.63, 3.8) is 0 Å². The maximum absolute atomic E-state index is 15.3. The van der Waals surface area contributed by atoms with Crippen molar-refractivity contribution in [3.8, 4) is 67.7 Å². The van der Waals surface area contributed by atoms with Gasteiger partial charge in [-0.1, -0.05) is 182 Å². The highest BCUT2D eigenvalue weighted by atomic mass is 16.1. The second kappa shape index (κ2) is 13.5. The van der Waals surface area contributed by atoms with E-state index in [4.69, 9.17) is 15.0 Å². The summed E-state index contributed by atoms with van der Waals surface area (Å²) in [5.41, 5.74) is 9.17. The Hall–Kier alpha value is -7.50. The van der Waals surface area contributed by atoms with E-state index in [1.165, 1.54) is 0 Å². The molecular formula is C50H32N4O. The normalized spacial score (nSPS) is 11.3. The Labute approximate surface area is 317 Å². The number of hydrogen-bond donors (Lipinski definition) is 0. The fourth-order valence-electron chi connectivity index (χ4n) is 7.75. The predicted molar refractivity (Wildman–Crippen MR) is 225 cm³/mol. The molecule has 0 bridgehead atoms. The molecule has 55 heavy (non-hydrogen) atoms. The minimum absolute atomic E-state index is 0.0939. The van der Waals surface area contributed by atoms with Crippen LogP contribution in [0, 0.1) is 0 Å². The van der Waals surface area contributed by atoms with E-state index in [0.717, 1.165) is 71.9 Å². The zero-order valence-electron chi connectivity index (χ0n) is 29.7. The first-order valence-corrected chi connectivity index (χ1v) is 18.3. The summed E-state index contributed by atoms with van der Waals surface area (Å²) in [6, 6.07) is 65.4. The van der Waals surface area contributed by atoms with E-state index in [-0.39, 0.29) is 5.56 Å². The molecule has 7 aromatic carbocycles. The third kappa shape index (κ3) is 5.58. The second-order valence-corrected chi connectivity index (χ2v) is 13.5. The summed E-state index contributed by atoms with van der Waals surface area (Å²) in [4.78, 5) is 30.3. The van der Waals surface area contributed by atoms with Crippen LogP contribution in [-0.4, -0.2) is 19.4 Å². The van der Waals surface area contributed by atoms with Gasteiger partial charge in [-0.2, -0.15) is 0 Å². The summed E-state index contributed by atoms with van der Waals surface area (Å²) in [5, 5.41) is 3.49. The van der Waals surface area contributed by atoms with Crippen LogP contribution in [0.5, 0.6) is 0 Å². The van der Waals surface area contributed by atoms with Crippen LogP contribution in [-0.2, 0) is 0 Å². The molecule has 3 heterocycles. The molecule has 0 atom stereocenters. The quantitative estimate of drug-likeness (QED) is 0.128. The average Bonchev–Trinajstić information content (AvgIpc) is 3.27. The Kier molecular flexibility index (Phi) is 7.89. The SMILES string of the molecule is O=c1c2ccc(-c3nc(-c4ccccc4)nc(-c4ccccc4)n3)cc2c(-c2ccccc2)c2c3ccccc3c(-c3ccccc3)c(-c3ccccc3)n12. The number of rotatable bonds is 6. The molecule has 0 amide bonds. The van der Waals surface area contributed by atoms with Gasteiger partial charge in [0.2, 0.25) is 0 Å². The summed E-state index contributed by atoms with van der Waals surface area (Å²) in [7, 11) is 0. The Morgan fingerprint density at radius 2 is 0.745 bits per heavy atom. The lowest BCUT2D eigenvalue weighted by atomic mass is 9.89. The highest BCUT2D eigenvalue weighted by Crippen LogP contribution is 2.44. The van der Waals surface area contributed by atoms with Crippen molar-refractivity contribution < 1.29 is 0 Å². The molecule has 0 radical (unpaired) electrons. The van der Waals surface area contributed by atoms with E-state index in [2.05, 4.69) is 91.0 Å². The standard InChI is InChI=1S/C50H32N4O/c55-50-41-31-30-38(49-52-47(36-24-12-4-13-25-36)51-48(53-49)37-26-14-5-15-27-37)32-42(41)44(34-20-8-2-9-21-34)46-40-29-17-16-28-39(40)43(33-18-6-1-7-19-33)45(54(46)50)35-22-10-3-11-23-35/h1-32H. The lowest BCUT2D eigenvalue weighted by Crippen LogP contribution is -2.18. The van der Waals surface area contributed by atoms with Gasteiger partial charge in [0.25, 0.3) is 5.56 Å². The average molecular weight is 705 g/mol. The lowest BCUT2D eigenvalue weighted by molar-refractivity contribution is 1.07. The minimum Gasteiger partial charge on any atom is -0.274 e. The van der Waals surface area contributed by atoms with Gasteiger partial charge in [-0.3, -0.25) is 9.20 Å². The van der Waals surface area contributed by atoms with Crippen molar-refractivity contribution >= 4 is 27.1 Å². The maximum atomic E-state index is 15.3. The number of fused-ring (bicyclic) bond motifs is 4. The van der Waals surface area contributed by atoms with Crippen LogP contribution in [0.3, 0.4) is 0 Å². The molecule has 0 spiro atoms. The zero-order valence-corrected chi connectivity index (χ0v) is 29.7. The van der Waals surface area contributed by atoms with Crippen molar-refractivity contribution in [2.75, 3.05) is 0 Å². The van der Waals surface area contributed by atoms with Crippen LogP contribution in [0.4, 0.5) is 0 Å². The molecule has 0 unspecified atom stereocenters. The second-order valence-electron chi connectivity index (χ2n) is 13.5. The summed E-state index contributed by atoms with van der Waals surface area (Å²) in [6.07, 6.45) is 0. The highest BCUT2D eigenvalue weighted by molar-refractivity contribution is 6.17. The van der Waals surface area contributed by atoms with Gasteiger partial charge in [-0.25, -0.2) is 15.0 Å². The van der Waals surface area contributed by atoms with Crippen molar-refractivity contribution in [3.05, 3.63) is 204 Å². The molecular weight excluding hydrogens is 673 g/mol. The fraction of sp³-hybridized carbons (Fsp3) is 0. The largest absolute Gasteiger partial charge is 0.274 e. The van der Waals surface area contributed by atoms with Gasteiger partial charge in [-0.15, -0.1) is 0 Å². The van der Waals surface area contributed by atoms with Crippen LogP contribution in [0.1, 0.15) is 0 Å². The topological polar surface area (TPSA) is 60.2 Å². The van der Waals surface area contributed by atoms with Gasteiger partial charge in [-0.05, 0) is 39.6 Å². The summed E-state index contributed by atoms with van der Waals surface area (Å²) in [6.45, 7) is 0. The Morgan fingerprint density at radius 1 is 0.327 bits per heavy atom. The van der Waals surface area contributed by atoms with E-state index in [9.17, 15) is 0 Å². The molecule has 0 aliphatic heterocycles. The van der Waals surface area contributed by atoms with E-state index >= 15 is 4.79 Å². The molecule has 0 saturated heterocycles. The molecule has 0 fully saturated rings. The van der Waals surface area contributed by atoms with E-state index in [0.29, 0.717) is 22.9 Å². The molecule has 0 aliphatic rings. The first-order valence-electron chi connectivity index (χ1n) is 18.3. The lowest BCUT2D eigenvalue weighted by Gasteiger charge is -2.22. The third-order valence-electron chi connectivity index (χ3n) is 10.2. The molecule has 0 saturated carbocycles. The van der Waals surface area contributed by atoms with Crippen molar-refractivity contribution in [1.82, 2.24) is 19.4 Å². The van der Waals surface area contributed by atoms with Gasteiger partial charge < -0.3 is 0 Å². The van der Waals surface area contributed by atoms with Crippen molar-refractivity contribution in [2.45, 2.75) is 0 Å². The molecule has 10 aromatic rings. The highest BCUT2D eigenvalue weighted by Gasteiger charge is 2.24. The molecule has 0 N–H and O–H groups in total. The summed E-state index contributed by atoms with van der Waals surface area (Å²) >= 11 is 0. The van der Waals surface area contributed by atoms with Gasteiger partial charge in [0.05, 0.1) is 11.2 Å². The third-order valence-corrected chi connectivity index (χ3v) is 10.2.